The molecule has 0 amide bonds. The van der Waals surface area contributed by atoms with E-state index in [-0.39, 0.29) is 6.04 Å². The number of hydrogen-bond acceptors (Lipinski definition) is 1. The van der Waals surface area contributed by atoms with E-state index in [0.717, 1.165) is 10.9 Å². The van der Waals surface area contributed by atoms with Gasteiger partial charge in [0.1, 0.15) is 0 Å². The Morgan fingerprint density at radius 2 is 1.95 bits per heavy atom. The number of fused-ring (bicyclic) bond motifs is 1. The molecule has 0 aromatic heterocycles. The summed E-state index contributed by atoms with van der Waals surface area (Å²) in [5, 5.41) is 0. The average Bonchev–Trinajstić information content (AvgIpc) is 2.60. The lowest BCUT2D eigenvalue weighted by Crippen LogP contribution is -2.22. The van der Waals surface area contributed by atoms with Gasteiger partial charge in [-0.2, -0.15) is 0 Å². The van der Waals surface area contributed by atoms with Gasteiger partial charge in [0.05, 0.1) is 0 Å². The van der Waals surface area contributed by atoms with E-state index in [0.29, 0.717) is 5.92 Å². The molecule has 0 spiro atoms. The summed E-state index contributed by atoms with van der Waals surface area (Å²) in [6.07, 6.45) is 4.68. The van der Waals surface area contributed by atoms with Gasteiger partial charge in [-0.15, -0.1) is 0 Å². The van der Waals surface area contributed by atoms with Crippen LogP contribution in [0.2, 0.25) is 0 Å². The number of hydrogen-bond donors (Lipinski definition) is 1. The van der Waals surface area contributed by atoms with Crippen molar-refractivity contribution in [3.63, 3.8) is 0 Å². The third-order valence-corrected chi connectivity index (χ3v) is 4.82. The molecule has 3 rings (SSSR count). The van der Waals surface area contributed by atoms with Crippen LogP contribution in [0.3, 0.4) is 0 Å². The van der Waals surface area contributed by atoms with Crippen LogP contribution >= 0.6 is 15.9 Å². The second kappa shape index (κ2) is 6.11. The Hall–Kier alpha value is -1.12. The van der Waals surface area contributed by atoms with Crippen molar-refractivity contribution < 1.29 is 0 Å². The zero-order valence-electron chi connectivity index (χ0n) is 11.6. The number of nitrogens with two attached hydrogens (primary N) is 1. The molecular formula is C18H20BrN. The molecule has 1 aliphatic rings. The van der Waals surface area contributed by atoms with Crippen LogP contribution in [-0.2, 0) is 12.8 Å². The van der Waals surface area contributed by atoms with E-state index in [1.165, 1.54) is 36.0 Å². The Balaban J connectivity index is 1.84. The Labute approximate surface area is 129 Å². The first-order valence-corrected chi connectivity index (χ1v) is 8.11. The summed E-state index contributed by atoms with van der Waals surface area (Å²) in [4.78, 5) is 0. The molecule has 2 aromatic carbocycles. The lowest BCUT2D eigenvalue weighted by atomic mass is 9.86. The molecule has 0 aliphatic heterocycles. The van der Waals surface area contributed by atoms with Crippen LogP contribution in [0.15, 0.2) is 53.0 Å². The van der Waals surface area contributed by atoms with Crippen molar-refractivity contribution in [1.29, 1.82) is 0 Å². The maximum absolute atomic E-state index is 6.56. The van der Waals surface area contributed by atoms with Crippen molar-refractivity contribution in [2.75, 3.05) is 0 Å². The van der Waals surface area contributed by atoms with Crippen molar-refractivity contribution in [2.45, 2.75) is 31.7 Å². The molecule has 0 fully saturated rings. The first-order chi connectivity index (χ1) is 9.74. The summed E-state index contributed by atoms with van der Waals surface area (Å²) < 4.78 is 1.15. The summed E-state index contributed by atoms with van der Waals surface area (Å²) >= 11 is 3.55. The number of aryl methyl sites for hydroxylation is 1. The lowest BCUT2D eigenvalue weighted by Gasteiger charge is -2.23. The molecule has 2 heteroatoms. The van der Waals surface area contributed by atoms with Gasteiger partial charge in [-0.3, -0.25) is 0 Å². The summed E-state index contributed by atoms with van der Waals surface area (Å²) in [6.45, 7) is 0. The van der Waals surface area contributed by atoms with Gasteiger partial charge >= 0.3 is 0 Å². The number of benzene rings is 2. The van der Waals surface area contributed by atoms with Crippen LogP contribution < -0.4 is 5.73 Å². The summed E-state index contributed by atoms with van der Waals surface area (Å²) in [7, 11) is 0. The third-order valence-electron chi connectivity index (χ3n) is 4.33. The summed E-state index contributed by atoms with van der Waals surface area (Å²) in [5.41, 5.74) is 10.7. The van der Waals surface area contributed by atoms with E-state index in [2.05, 4.69) is 64.5 Å². The second-order valence-corrected chi connectivity index (χ2v) is 6.63. The van der Waals surface area contributed by atoms with Crippen LogP contribution in [0.4, 0.5) is 0 Å². The quantitative estimate of drug-likeness (QED) is 0.798. The van der Waals surface area contributed by atoms with Crippen molar-refractivity contribution in [3.05, 3.63) is 69.7 Å². The highest BCUT2D eigenvalue weighted by Crippen LogP contribution is 2.33. The second-order valence-electron chi connectivity index (χ2n) is 5.71. The van der Waals surface area contributed by atoms with E-state index in [1.54, 1.807) is 0 Å². The van der Waals surface area contributed by atoms with Gasteiger partial charge < -0.3 is 5.73 Å². The van der Waals surface area contributed by atoms with Gasteiger partial charge in [0.15, 0.2) is 0 Å². The standard InChI is InChI=1S/C18H20BrN/c19-16-9-3-5-13(12-16)11-15-8-4-7-14-6-1-2-10-17(14)18(15)20/h1-3,5-6,9-10,12,15,18H,4,7-8,11,20H2. The van der Waals surface area contributed by atoms with Gasteiger partial charge in [0, 0.05) is 10.5 Å². The Morgan fingerprint density at radius 1 is 1.10 bits per heavy atom. The maximum atomic E-state index is 6.56. The predicted octanol–water partition coefficient (Wildman–Crippen LogP) is 4.64. The normalized spacial score (nSPS) is 22.1. The van der Waals surface area contributed by atoms with Crippen molar-refractivity contribution >= 4 is 15.9 Å². The molecule has 0 radical (unpaired) electrons. The highest BCUT2D eigenvalue weighted by Gasteiger charge is 2.24. The van der Waals surface area contributed by atoms with Gasteiger partial charge in [-0.25, -0.2) is 0 Å². The van der Waals surface area contributed by atoms with Gasteiger partial charge in [-0.1, -0.05) is 52.3 Å². The number of rotatable bonds is 2. The summed E-state index contributed by atoms with van der Waals surface area (Å²) in [5.74, 6) is 0.535. The molecular weight excluding hydrogens is 310 g/mol. The van der Waals surface area contributed by atoms with Crippen LogP contribution in [0.1, 0.15) is 35.6 Å². The van der Waals surface area contributed by atoms with Gasteiger partial charge in [0.2, 0.25) is 0 Å². The highest BCUT2D eigenvalue weighted by atomic mass is 79.9. The molecule has 2 unspecified atom stereocenters. The molecule has 20 heavy (non-hydrogen) atoms. The minimum Gasteiger partial charge on any atom is -0.324 e. The first kappa shape index (κ1) is 13.8. The Kier molecular flexibility index (Phi) is 4.23. The van der Waals surface area contributed by atoms with Crippen LogP contribution in [-0.4, -0.2) is 0 Å². The molecule has 0 bridgehead atoms. The highest BCUT2D eigenvalue weighted by molar-refractivity contribution is 9.10. The third kappa shape index (κ3) is 2.97. The largest absolute Gasteiger partial charge is 0.324 e. The fourth-order valence-electron chi connectivity index (χ4n) is 3.27. The van der Waals surface area contributed by atoms with E-state index in [1.807, 2.05) is 0 Å². The first-order valence-electron chi connectivity index (χ1n) is 7.32. The molecule has 2 N–H and O–H groups in total. The smallest absolute Gasteiger partial charge is 0.0329 e. The SMILES string of the molecule is NC1c2ccccc2CCCC1Cc1cccc(Br)c1. The molecule has 104 valence electrons. The van der Waals surface area contributed by atoms with Gasteiger partial charge in [-0.05, 0) is 60.4 Å². The van der Waals surface area contributed by atoms with Crippen molar-refractivity contribution in [1.82, 2.24) is 0 Å². The van der Waals surface area contributed by atoms with E-state index in [4.69, 9.17) is 5.73 Å². The summed E-state index contributed by atoms with van der Waals surface area (Å²) in [6, 6.07) is 17.4. The molecule has 0 saturated carbocycles. The average molecular weight is 330 g/mol. The Morgan fingerprint density at radius 3 is 2.80 bits per heavy atom. The van der Waals surface area contributed by atoms with Crippen molar-refractivity contribution in [3.8, 4) is 0 Å². The monoisotopic (exact) mass is 329 g/mol. The minimum absolute atomic E-state index is 0.160. The molecule has 2 aromatic rings. The lowest BCUT2D eigenvalue weighted by molar-refractivity contribution is 0.402. The van der Waals surface area contributed by atoms with E-state index < -0.39 is 0 Å². The predicted molar refractivity (Wildman–Crippen MR) is 87.6 cm³/mol. The van der Waals surface area contributed by atoms with E-state index >= 15 is 0 Å². The van der Waals surface area contributed by atoms with Crippen molar-refractivity contribution in [2.24, 2.45) is 11.7 Å². The van der Waals surface area contributed by atoms with Crippen LogP contribution in [0.25, 0.3) is 0 Å². The molecule has 0 saturated heterocycles. The van der Waals surface area contributed by atoms with Crippen LogP contribution in [0.5, 0.6) is 0 Å². The topological polar surface area (TPSA) is 26.0 Å². The fourth-order valence-corrected chi connectivity index (χ4v) is 3.72. The van der Waals surface area contributed by atoms with Gasteiger partial charge in [0.25, 0.3) is 0 Å². The zero-order valence-corrected chi connectivity index (χ0v) is 13.1. The zero-order chi connectivity index (χ0) is 13.9. The maximum Gasteiger partial charge on any atom is 0.0329 e. The molecule has 0 heterocycles. The Bertz CT molecular complexity index is 593. The number of halogens is 1. The fraction of sp³-hybridized carbons (Fsp3) is 0.333. The van der Waals surface area contributed by atoms with E-state index in [9.17, 15) is 0 Å². The van der Waals surface area contributed by atoms with Crippen LogP contribution in [0, 0.1) is 5.92 Å². The minimum atomic E-state index is 0.160. The molecule has 1 aliphatic carbocycles. The molecule has 1 nitrogen and oxygen atoms in total. The molecule has 2 atom stereocenters.